The van der Waals surface area contributed by atoms with Gasteiger partial charge in [0.2, 0.25) is 0 Å². The maximum atomic E-state index is 14.6. The summed E-state index contributed by atoms with van der Waals surface area (Å²) in [5.74, 6) is -1.39. The monoisotopic (exact) mass is 472 g/mol. The predicted octanol–water partition coefficient (Wildman–Crippen LogP) is 4.21. The van der Waals surface area contributed by atoms with Gasteiger partial charge < -0.3 is 19.3 Å². The fourth-order valence-corrected chi connectivity index (χ4v) is 7.70. The second-order valence-electron chi connectivity index (χ2n) is 12.6. The molecule has 6 nitrogen and oxygen atoms in total. The average molecular weight is 473 g/mol. The normalized spacial score (nSPS) is 46.6. The van der Waals surface area contributed by atoms with Crippen molar-refractivity contribution in [2.75, 3.05) is 6.61 Å². The van der Waals surface area contributed by atoms with Crippen molar-refractivity contribution in [1.82, 2.24) is 0 Å². The van der Waals surface area contributed by atoms with Crippen molar-refractivity contribution in [2.45, 2.75) is 91.8 Å². The van der Waals surface area contributed by atoms with Crippen molar-refractivity contribution in [1.29, 1.82) is 0 Å². The van der Waals surface area contributed by atoms with E-state index in [2.05, 4.69) is 20.8 Å². The van der Waals surface area contributed by atoms with Crippen LogP contribution in [0.3, 0.4) is 0 Å². The number of rotatable bonds is 3. The Kier molecular flexibility index (Phi) is 5.17. The second kappa shape index (κ2) is 7.27. The molecule has 5 rings (SSSR count). The lowest BCUT2D eigenvalue weighted by Gasteiger charge is -2.52. The highest BCUT2D eigenvalue weighted by molar-refractivity contribution is 5.95. The summed E-state index contributed by atoms with van der Waals surface area (Å²) in [6, 6.07) is 0. The Morgan fingerprint density at radius 2 is 1.97 bits per heavy atom. The number of ether oxygens (including phenoxy) is 3. The van der Waals surface area contributed by atoms with Crippen molar-refractivity contribution in [3.63, 3.8) is 0 Å². The number of ketones is 1. The molecule has 0 aromatic rings. The van der Waals surface area contributed by atoms with Gasteiger partial charge in [-0.05, 0) is 67.9 Å². The van der Waals surface area contributed by atoms with Crippen molar-refractivity contribution in [2.24, 2.45) is 40.4 Å². The average Bonchev–Trinajstić information content (AvgIpc) is 3.25. The third kappa shape index (κ3) is 2.91. The summed E-state index contributed by atoms with van der Waals surface area (Å²) in [6.07, 6.45) is 3.68. The maximum absolute atomic E-state index is 14.6. The SMILES string of the molecule is CC[C@@H](C)C(=O)OC1C(C)=CC23C(=O)C(C=C4COC(C)(C)OC4C12O)C1C(C[C@H]3C)C1(C)C. The van der Waals surface area contributed by atoms with Crippen molar-refractivity contribution >= 4 is 11.8 Å². The van der Waals surface area contributed by atoms with Crippen LogP contribution in [0.15, 0.2) is 23.3 Å². The molecular formula is C28H40O6. The molecular weight excluding hydrogens is 432 g/mol. The van der Waals surface area contributed by atoms with Crippen LogP contribution >= 0.6 is 0 Å². The molecule has 9 atom stereocenters. The molecule has 0 aromatic carbocycles. The van der Waals surface area contributed by atoms with Crippen LogP contribution < -0.4 is 0 Å². The van der Waals surface area contributed by atoms with E-state index in [1.807, 2.05) is 46.8 Å². The zero-order chi connectivity index (χ0) is 25.0. The molecule has 188 valence electrons. The standard InChI is InChI=1S/C28H40O6/c1-9-14(2)24(30)33-22-15(3)12-27-16(4)10-19-20(25(19,5)6)18(21(27)29)11-17-13-32-26(7,8)34-23(17)28(22,27)31/h11-12,14,16,18-20,22-23,31H,9-10,13H2,1-8H3/t14-,16-,18?,19?,20?,22?,23?,27?,28?/m1/s1. The minimum atomic E-state index is -1.74. The summed E-state index contributed by atoms with van der Waals surface area (Å²) in [5.41, 5.74) is -1.35. The second-order valence-corrected chi connectivity index (χ2v) is 12.6. The van der Waals surface area contributed by atoms with Gasteiger partial charge in [0, 0.05) is 5.92 Å². The van der Waals surface area contributed by atoms with Crippen molar-refractivity contribution in [3.05, 3.63) is 23.3 Å². The Morgan fingerprint density at radius 1 is 1.29 bits per heavy atom. The number of fused-ring (bicyclic) bond motifs is 5. The van der Waals surface area contributed by atoms with E-state index in [0.29, 0.717) is 12.3 Å². The highest BCUT2D eigenvalue weighted by atomic mass is 16.7. The van der Waals surface area contributed by atoms with Gasteiger partial charge in [-0.1, -0.05) is 46.8 Å². The highest BCUT2D eigenvalue weighted by Gasteiger charge is 2.77. The molecule has 1 aliphatic heterocycles. The van der Waals surface area contributed by atoms with Crippen LogP contribution in [0.2, 0.25) is 0 Å². The Hall–Kier alpha value is -1.50. The molecule has 1 saturated heterocycles. The summed E-state index contributed by atoms with van der Waals surface area (Å²) in [5, 5.41) is 12.9. The summed E-state index contributed by atoms with van der Waals surface area (Å²) in [7, 11) is 0. The van der Waals surface area contributed by atoms with Crippen molar-refractivity contribution in [3.8, 4) is 0 Å². The molecule has 7 unspecified atom stereocenters. The lowest BCUT2D eigenvalue weighted by Crippen LogP contribution is -2.68. The number of hydrogen-bond acceptors (Lipinski definition) is 6. The molecule has 0 amide bonds. The van der Waals surface area contributed by atoms with Crippen LogP contribution in [-0.4, -0.2) is 47.1 Å². The number of allylic oxidation sites excluding steroid dienone is 1. The fraction of sp³-hybridized carbons (Fsp3) is 0.786. The van der Waals surface area contributed by atoms with Crippen LogP contribution in [0, 0.1) is 40.4 Å². The molecule has 1 N–H and O–H groups in total. The van der Waals surface area contributed by atoms with Gasteiger partial charge in [0.05, 0.1) is 17.9 Å². The first-order chi connectivity index (χ1) is 15.7. The van der Waals surface area contributed by atoms with Crippen molar-refractivity contribution < 1.29 is 28.9 Å². The van der Waals surface area contributed by atoms with E-state index in [9.17, 15) is 14.7 Å². The lowest BCUT2D eigenvalue weighted by atomic mass is 9.59. The smallest absolute Gasteiger partial charge is 0.309 e. The molecule has 34 heavy (non-hydrogen) atoms. The molecule has 6 heteroatoms. The predicted molar refractivity (Wildman–Crippen MR) is 127 cm³/mol. The van der Waals surface area contributed by atoms with E-state index in [4.69, 9.17) is 14.2 Å². The first-order valence-electron chi connectivity index (χ1n) is 12.9. The van der Waals surface area contributed by atoms with Gasteiger partial charge in [-0.2, -0.15) is 0 Å². The summed E-state index contributed by atoms with van der Waals surface area (Å²) < 4.78 is 18.5. The molecule has 1 spiro atoms. The third-order valence-corrected chi connectivity index (χ3v) is 9.92. The first kappa shape index (κ1) is 24.2. The van der Waals surface area contributed by atoms with E-state index in [-0.39, 0.29) is 47.4 Å². The van der Waals surface area contributed by atoms with Crippen LogP contribution in [0.4, 0.5) is 0 Å². The molecule has 3 fully saturated rings. The van der Waals surface area contributed by atoms with Crippen LogP contribution in [0.25, 0.3) is 0 Å². The van der Waals surface area contributed by atoms with E-state index in [1.165, 1.54) is 0 Å². The Balaban J connectivity index is 1.71. The van der Waals surface area contributed by atoms with Crippen LogP contribution in [0.1, 0.15) is 68.2 Å². The maximum Gasteiger partial charge on any atom is 0.309 e. The zero-order valence-electron chi connectivity index (χ0n) is 21.8. The van der Waals surface area contributed by atoms with Gasteiger partial charge in [0.15, 0.2) is 23.3 Å². The minimum absolute atomic E-state index is 0.0327. The fourth-order valence-electron chi connectivity index (χ4n) is 7.70. The van der Waals surface area contributed by atoms with E-state index < -0.39 is 29.0 Å². The number of esters is 1. The third-order valence-electron chi connectivity index (χ3n) is 9.92. The van der Waals surface area contributed by atoms with E-state index in [1.54, 1.807) is 0 Å². The van der Waals surface area contributed by atoms with E-state index in [0.717, 1.165) is 17.6 Å². The Morgan fingerprint density at radius 3 is 2.62 bits per heavy atom. The largest absolute Gasteiger partial charge is 0.454 e. The van der Waals surface area contributed by atoms with Gasteiger partial charge in [0.25, 0.3) is 0 Å². The topological polar surface area (TPSA) is 82.1 Å². The molecule has 0 radical (unpaired) electrons. The number of carbonyl (C=O) groups is 2. The van der Waals surface area contributed by atoms with E-state index >= 15 is 0 Å². The van der Waals surface area contributed by atoms with Gasteiger partial charge in [-0.25, -0.2) is 0 Å². The number of carbonyl (C=O) groups excluding carboxylic acids is 2. The molecule has 4 aliphatic carbocycles. The van der Waals surface area contributed by atoms with Gasteiger partial charge in [-0.3, -0.25) is 9.59 Å². The first-order valence-corrected chi connectivity index (χ1v) is 12.9. The van der Waals surface area contributed by atoms with Crippen LogP contribution in [-0.2, 0) is 23.8 Å². The van der Waals surface area contributed by atoms with Gasteiger partial charge >= 0.3 is 5.97 Å². The molecule has 2 saturated carbocycles. The number of hydrogen-bond donors (Lipinski definition) is 1. The number of Topliss-reactive ketones (excluding diaryl/α,β-unsaturated/α-hetero) is 1. The molecule has 2 bridgehead atoms. The zero-order valence-corrected chi connectivity index (χ0v) is 21.8. The highest BCUT2D eigenvalue weighted by Crippen LogP contribution is 2.72. The van der Waals surface area contributed by atoms with Gasteiger partial charge in [0.1, 0.15) is 6.10 Å². The summed E-state index contributed by atoms with van der Waals surface area (Å²) in [4.78, 5) is 27.6. The molecule has 5 aliphatic rings. The lowest BCUT2D eigenvalue weighted by molar-refractivity contribution is -0.304. The molecule has 1 heterocycles. The van der Waals surface area contributed by atoms with Gasteiger partial charge in [-0.15, -0.1) is 0 Å². The number of aliphatic hydroxyl groups is 1. The minimum Gasteiger partial charge on any atom is -0.454 e. The quantitative estimate of drug-likeness (QED) is 0.489. The Bertz CT molecular complexity index is 991. The summed E-state index contributed by atoms with van der Waals surface area (Å²) >= 11 is 0. The summed E-state index contributed by atoms with van der Waals surface area (Å²) in [6.45, 7) is 16.1. The molecule has 0 aromatic heterocycles. The Labute approximate surface area is 203 Å². The van der Waals surface area contributed by atoms with Crippen LogP contribution in [0.5, 0.6) is 0 Å².